The molecule has 36 heavy (non-hydrogen) atoms. The average Bonchev–Trinajstić information content (AvgIpc) is 3.47. The van der Waals surface area contributed by atoms with E-state index >= 15 is 0 Å². The van der Waals surface area contributed by atoms with Crippen LogP contribution >= 0.6 is 0 Å². The van der Waals surface area contributed by atoms with Gasteiger partial charge >= 0.3 is 0 Å². The van der Waals surface area contributed by atoms with Crippen LogP contribution in [-0.2, 0) is 23.2 Å². The molecule has 4 heterocycles. The van der Waals surface area contributed by atoms with E-state index < -0.39 is 0 Å². The second-order valence-corrected chi connectivity index (χ2v) is 9.20. The number of aryl methyl sites for hydroxylation is 2. The minimum absolute atomic E-state index is 0.0750. The van der Waals surface area contributed by atoms with Crippen molar-refractivity contribution in [3.05, 3.63) is 60.3 Å². The van der Waals surface area contributed by atoms with Gasteiger partial charge in [0.25, 0.3) is 0 Å². The molecule has 2 aromatic heterocycles. The Hall–Kier alpha value is -4.27. The molecular weight excluding hydrogens is 458 g/mol. The van der Waals surface area contributed by atoms with Crippen molar-refractivity contribution < 1.29 is 19.1 Å². The Labute approximate surface area is 208 Å². The SMILES string of the molecule is C[C@@H](NC(=O)CN1C(=O)CCn2nc(-c3cn(C)c4ccccc34)cc21)c1ccc2c(c1)OCCO2. The molecule has 0 saturated carbocycles. The molecule has 9 heteroatoms. The van der Waals surface area contributed by atoms with E-state index in [1.165, 1.54) is 4.90 Å². The van der Waals surface area contributed by atoms with Gasteiger partial charge in [0.05, 0.1) is 18.3 Å². The number of aromatic nitrogens is 3. The summed E-state index contributed by atoms with van der Waals surface area (Å²) in [6.45, 7) is 3.35. The quantitative estimate of drug-likeness (QED) is 0.468. The highest BCUT2D eigenvalue weighted by atomic mass is 16.6. The molecular formula is C27H27N5O4. The molecule has 4 aromatic rings. The standard InChI is InChI=1S/C27H27N5O4/c1-17(18-7-8-23-24(13-18)36-12-11-35-23)28-25(33)16-31-26-14-21(29-32(26)10-9-27(31)34)20-15-30(2)22-6-4-3-5-19(20)22/h3-8,13-15,17H,9-12,16H2,1-2H3,(H,28,33)/t17-/m1/s1. The molecule has 2 aliphatic heterocycles. The van der Waals surface area contributed by atoms with Gasteiger partial charge in [0, 0.05) is 42.2 Å². The van der Waals surface area contributed by atoms with Gasteiger partial charge < -0.3 is 19.4 Å². The Morgan fingerprint density at radius 1 is 1.11 bits per heavy atom. The molecule has 0 bridgehead atoms. The molecule has 1 N–H and O–H groups in total. The van der Waals surface area contributed by atoms with Crippen LogP contribution in [0, 0.1) is 0 Å². The molecule has 2 aromatic carbocycles. The van der Waals surface area contributed by atoms with Crippen molar-refractivity contribution in [2.45, 2.75) is 25.9 Å². The topological polar surface area (TPSA) is 90.6 Å². The minimum Gasteiger partial charge on any atom is -0.486 e. The number of nitrogens with zero attached hydrogens (tertiary/aromatic N) is 4. The van der Waals surface area contributed by atoms with E-state index in [0.717, 1.165) is 27.7 Å². The second kappa shape index (κ2) is 8.75. The van der Waals surface area contributed by atoms with Crippen molar-refractivity contribution in [1.29, 1.82) is 0 Å². The lowest BCUT2D eigenvalue weighted by molar-refractivity contribution is -0.124. The normalized spacial score (nSPS) is 15.6. The number of para-hydroxylation sites is 1. The highest BCUT2D eigenvalue weighted by molar-refractivity contribution is 6.00. The van der Waals surface area contributed by atoms with Gasteiger partial charge in [0.2, 0.25) is 11.8 Å². The Kier molecular flexibility index (Phi) is 5.40. The van der Waals surface area contributed by atoms with Gasteiger partial charge in [-0.15, -0.1) is 0 Å². The fraction of sp³-hybridized carbons (Fsp3) is 0.296. The Balaban J connectivity index is 1.22. The molecule has 0 aliphatic carbocycles. The largest absolute Gasteiger partial charge is 0.486 e. The number of carbonyl (C=O) groups is 2. The number of ether oxygens (including phenoxy) is 2. The lowest BCUT2D eigenvalue weighted by Crippen LogP contribution is -2.44. The Bertz CT molecular complexity index is 1490. The first-order chi connectivity index (χ1) is 17.5. The molecule has 0 radical (unpaired) electrons. The zero-order chi connectivity index (χ0) is 24.8. The van der Waals surface area contributed by atoms with Gasteiger partial charge in [-0.05, 0) is 30.7 Å². The van der Waals surface area contributed by atoms with Crippen LogP contribution in [0.4, 0.5) is 5.82 Å². The average molecular weight is 486 g/mol. The van der Waals surface area contributed by atoms with Crippen molar-refractivity contribution in [1.82, 2.24) is 19.7 Å². The summed E-state index contributed by atoms with van der Waals surface area (Å²) in [6.07, 6.45) is 2.35. The monoisotopic (exact) mass is 485 g/mol. The smallest absolute Gasteiger partial charge is 0.240 e. The first-order valence-electron chi connectivity index (χ1n) is 12.1. The summed E-state index contributed by atoms with van der Waals surface area (Å²) >= 11 is 0. The molecule has 2 aliphatic rings. The number of anilines is 1. The van der Waals surface area contributed by atoms with E-state index in [2.05, 4.69) is 22.0 Å². The van der Waals surface area contributed by atoms with Crippen LogP contribution in [0.15, 0.2) is 54.7 Å². The van der Waals surface area contributed by atoms with Crippen LogP contribution in [0.3, 0.4) is 0 Å². The van der Waals surface area contributed by atoms with Gasteiger partial charge in [0.1, 0.15) is 25.6 Å². The number of benzene rings is 2. The zero-order valence-corrected chi connectivity index (χ0v) is 20.2. The predicted octanol–water partition coefficient (Wildman–Crippen LogP) is 3.43. The predicted molar refractivity (Wildman–Crippen MR) is 135 cm³/mol. The molecule has 184 valence electrons. The van der Waals surface area contributed by atoms with Gasteiger partial charge in [-0.25, -0.2) is 4.68 Å². The summed E-state index contributed by atoms with van der Waals surface area (Å²) in [6, 6.07) is 15.4. The zero-order valence-electron chi connectivity index (χ0n) is 20.2. The number of amides is 2. The van der Waals surface area contributed by atoms with E-state index in [1.54, 1.807) is 0 Å². The molecule has 1 atom stereocenters. The van der Waals surface area contributed by atoms with E-state index in [0.29, 0.717) is 43.5 Å². The molecule has 0 fully saturated rings. The summed E-state index contributed by atoms with van der Waals surface area (Å²) in [7, 11) is 2.00. The number of fused-ring (bicyclic) bond motifs is 3. The summed E-state index contributed by atoms with van der Waals surface area (Å²) in [5, 5.41) is 8.88. The van der Waals surface area contributed by atoms with Crippen LogP contribution in [0.2, 0.25) is 0 Å². The second-order valence-electron chi connectivity index (χ2n) is 9.20. The van der Waals surface area contributed by atoms with Crippen LogP contribution in [0.5, 0.6) is 11.5 Å². The summed E-state index contributed by atoms with van der Waals surface area (Å²) in [5.41, 5.74) is 3.80. The first kappa shape index (κ1) is 22.2. The van der Waals surface area contributed by atoms with Crippen molar-refractivity contribution in [2.75, 3.05) is 24.7 Å². The molecule has 6 rings (SSSR count). The lowest BCUT2D eigenvalue weighted by Gasteiger charge is -2.27. The third-order valence-corrected chi connectivity index (χ3v) is 6.79. The molecule has 0 spiro atoms. The van der Waals surface area contributed by atoms with Gasteiger partial charge in [0.15, 0.2) is 11.5 Å². The maximum Gasteiger partial charge on any atom is 0.240 e. The maximum absolute atomic E-state index is 13.0. The molecule has 0 unspecified atom stereocenters. The number of hydrogen-bond acceptors (Lipinski definition) is 5. The van der Waals surface area contributed by atoms with Crippen molar-refractivity contribution >= 4 is 28.5 Å². The summed E-state index contributed by atoms with van der Waals surface area (Å²) in [4.78, 5) is 27.4. The van der Waals surface area contributed by atoms with Gasteiger partial charge in [-0.3, -0.25) is 14.5 Å². The summed E-state index contributed by atoms with van der Waals surface area (Å²) < 4.78 is 15.1. The lowest BCUT2D eigenvalue weighted by atomic mass is 10.1. The Morgan fingerprint density at radius 2 is 1.92 bits per heavy atom. The fourth-order valence-corrected chi connectivity index (χ4v) is 4.94. The van der Waals surface area contributed by atoms with E-state index in [1.807, 2.05) is 61.2 Å². The van der Waals surface area contributed by atoms with E-state index in [-0.39, 0.29) is 24.4 Å². The Morgan fingerprint density at radius 3 is 2.78 bits per heavy atom. The van der Waals surface area contributed by atoms with Crippen LogP contribution in [0.25, 0.3) is 22.2 Å². The fourth-order valence-electron chi connectivity index (χ4n) is 4.94. The van der Waals surface area contributed by atoms with E-state index in [9.17, 15) is 9.59 Å². The summed E-state index contributed by atoms with van der Waals surface area (Å²) in [5.74, 6) is 1.69. The highest BCUT2D eigenvalue weighted by Gasteiger charge is 2.29. The van der Waals surface area contributed by atoms with Crippen molar-refractivity contribution in [3.63, 3.8) is 0 Å². The van der Waals surface area contributed by atoms with Crippen LogP contribution in [-0.4, -0.2) is 45.9 Å². The molecule has 0 saturated heterocycles. The third-order valence-electron chi connectivity index (χ3n) is 6.79. The molecule has 9 nitrogen and oxygen atoms in total. The van der Waals surface area contributed by atoms with Crippen molar-refractivity contribution in [2.24, 2.45) is 7.05 Å². The van der Waals surface area contributed by atoms with Gasteiger partial charge in [-0.1, -0.05) is 24.3 Å². The number of nitrogens with one attached hydrogen (secondary N) is 1. The van der Waals surface area contributed by atoms with E-state index in [4.69, 9.17) is 14.6 Å². The van der Waals surface area contributed by atoms with Crippen LogP contribution in [0.1, 0.15) is 24.9 Å². The number of hydrogen-bond donors (Lipinski definition) is 1. The minimum atomic E-state index is -0.260. The number of rotatable bonds is 5. The number of carbonyl (C=O) groups excluding carboxylic acids is 2. The maximum atomic E-state index is 13.0. The molecule has 2 amide bonds. The third kappa shape index (κ3) is 3.86. The van der Waals surface area contributed by atoms with Gasteiger partial charge in [-0.2, -0.15) is 5.10 Å². The first-order valence-corrected chi connectivity index (χ1v) is 12.1. The van der Waals surface area contributed by atoms with Crippen molar-refractivity contribution in [3.8, 4) is 22.8 Å². The highest BCUT2D eigenvalue weighted by Crippen LogP contribution is 2.34. The van der Waals surface area contributed by atoms with Crippen LogP contribution < -0.4 is 19.7 Å².